The van der Waals surface area contributed by atoms with Crippen LogP contribution < -0.4 is 0 Å². The number of carbonyl (C=O) groups excluding carboxylic acids is 4. The molecule has 2 aliphatic carbocycles. The van der Waals surface area contributed by atoms with E-state index >= 15 is 0 Å². The number of esters is 4. The summed E-state index contributed by atoms with van der Waals surface area (Å²) in [7, 11) is 0. The number of rotatable bonds is 6. The van der Waals surface area contributed by atoms with Gasteiger partial charge in [-0.2, -0.15) is 0 Å². The van der Waals surface area contributed by atoms with Gasteiger partial charge in [-0.3, -0.25) is 14.4 Å². The highest BCUT2D eigenvalue weighted by Crippen LogP contribution is 2.72. The molecule has 1 aromatic heterocycles. The molecule has 46 heavy (non-hydrogen) atoms. The molecule has 0 amide bonds. The summed E-state index contributed by atoms with van der Waals surface area (Å²) in [5, 5.41) is 24.1. The van der Waals surface area contributed by atoms with Gasteiger partial charge >= 0.3 is 23.9 Å². The number of aliphatic hydroxyl groups excluding tert-OH is 1. The number of hydrogen-bond acceptors (Lipinski definition) is 12. The van der Waals surface area contributed by atoms with Crippen LogP contribution in [0.1, 0.15) is 78.7 Å². The SMILES string of the molecule is C=C1[C@@H]2[C@@H](O[C@H]3CC(=O)O[C@]4(C)COC(=O)C[C@@H]4[C@]32C)[C@H](OC(=O)[C@H](O)[C@H](C)CC)[C@@]2(C)[C@@H](c3ccoc3)C[C@H](OC(C)=O)[C@]12O. The largest absolute Gasteiger partial charge is 0.472 e. The van der Waals surface area contributed by atoms with Gasteiger partial charge in [0, 0.05) is 30.1 Å². The molecule has 1 aromatic rings. The zero-order valence-corrected chi connectivity index (χ0v) is 27.1. The fourth-order valence-corrected chi connectivity index (χ4v) is 9.61. The first kappa shape index (κ1) is 32.7. The van der Waals surface area contributed by atoms with Crippen molar-refractivity contribution in [1.29, 1.82) is 0 Å². The summed E-state index contributed by atoms with van der Waals surface area (Å²) in [6.07, 6.45) is -2.16. The molecular formula is C34H44O12. The quantitative estimate of drug-likeness (QED) is 0.264. The summed E-state index contributed by atoms with van der Waals surface area (Å²) < 4.78 is 35.6. The van der Waals surface area contributed by atoms with Crippen LogP contribution in [-0.4, -0.2) is 82.4 Å². The van der Waals surface area contributed by atoms with E-state index in [1.807, 2.05) is 13.8 Å². The van der Waals surface area contributed by atoms with Gasteiger partial charge < -0.3 is 38.3 Å². The lowest BCUT2D eigenvalue weighted by Crippen LogP contribution is -2.69. The molecule has 3 aliphatic heterocycles. The Kier molecular flexibility index (Phi) is 7.76. The topological polar surface area (TPSA) is 168 Å². The maximum atomic E-state index is 13.7. The van der Waals surface area contributed by atoms with E-state index in [0.717, 1.165) is 0 Å². The van der Waals surface area contributed by atoms with E-state index in [1.54, 1.807) is 26.8 Å². The van der Waals surface area contributed by atoms with Crippen molar-refractivity contribution in [3.05, 3.63) is 36.3 Å². The van der Waals surface area contributed by atoms with Crippen molar-refractivity contribution < 1.29 is 57.5 Å². The van der Waals surface area contributed by atoms with Crippen LogP contribution >= 0.6 is 0 Å². The molecule has 0 radical (unpaired) electrons. The highest BCUT2D eigenvalue weighted by Gasteiger charge is 2.80. The first-order valence-corrected chi connectivity index (χ1v) is 16.1. The molecular weight excluding hydrogens is 600 g/mol. The van der Waals surface area contributed by atoms with Gasteiger partial charge in [-0.05, 0) is 36.5 Å². The Morgan fingerprint density at radius 2 is 1.87 bits per heavy atom. The lowest BCUT2D eigenvalue weighted by molar-refractivity contribution is -0.229. The molecule has 0 spiro atoms. The Hall–Kier alpha value is -3.22. The average Bonchev–Trinajstić information content (AvgIpc) is 3.66. The van der Waals surface area contributed by atoms with Crippen LogP contribution in [0.5, 0.6) is 0 Å². The first-order chi connectivity index (χ1) is 21.5. The summed E-state index contributed by atoms with van der Waals surface area (Å²) in [6.45, 7) is 14.5. The number of aliphatic hydroxyl groups is 2. The third-order valence-corrected chi connectivity index (χ3v) is 12.2. The van der Waals surface area contributed by atoms with Gasteiger partial charge in [-0.1, -0.05) is 40.7 Å². The molecule has 3 saturated heterocycles. The van der Waals surface area contributed by atoms with Gasteiger partial charge in [-0.25, -0.2) is 4.79 Å². The molecule has 2 saturated carbocycles. The lowest BCUT2D eigenvalue weighted by Gasteiger charge is -2.59. The number of ether oxygens (including phenoxy) is 5. The molecule has 0 aromatic carbocycles. The van der Waals surface area contributed by atoms with Crippen molar-refractivity contribution >= 4 is 23.9 Å². The van der Waals surface area contributed by atoms with Gasteiger partial charge in [0.25, 0.3) is 0 Å². The van der Waals surface area contributed by atoms with Crippen molar-refractivity contribution in [2.24, 2.45) is 28.6 Å². The minimum atomic E-state index is -1.99. The number of fused-ring (bicyclic) bond motifs is 6. The van der Waals surface area contributed by atoms with Crippen molar-refractivity contribution in [2.45, 2.75) is 115 Å². The second-order valence-corrected chi connectivity index (χ2v) is 14.5. The molecule has 6 rings (SSSR count). The second-order valence-electron chi connectivity index (χ2n) is 14.5. The maximum Gasteiger partial charge on any atom is 0.335 e. The highest BCUT2D eigenvalue weighted by molar-refractivity contribution is 5.76. The number of cyclic esters (lactones) is 1. The standard InChI is InChI=1S/C34H44O12/c1-8-16(2)27(38)30(39)45-29-28-26(32(6)21-12-24(36)42-15-31(21,5)46-25(37)13-22(32)44-28)17(3)34(40)23(43-18(4)35)11-20(33(29,34)7)19-9-10-41-14-19/h9-10,14,16,20-23,26-29,38,40H,3,8,11-13,15H2,1-2,4-7H3/t16-,20-,21+,22+,23+,26-,27-,28-,29+,31-,32-,33-,34-/m1/s1. The third kappa shape index (κ3) is 4.35. The van der Waals surface area contributed by atoms with E-state index < -0.39 is 100 Å². The maximum absolute atomic E-state index is 13.7. The molecule has 4 heterocycles. The zero-order chi connectivity index (χ0) is 33.6. The van der Waals surface area contributed by atoms with Crippen LogP contribution in [0.4, 0.5) is 0 Å². The normalized spacial score (nSPS) is 44.3. The summed E-state index contributed by atoms with van der Waals surface area (Å²) in [6, 6.07) is 1.74. The van der Waals surface area contributed by atoms with Crippen molar-refractivity contribution in [2.75, 3.05) is 6.61 Å². The molecule has 0 unspecified atom stereocenters. The molecule has 252 valence electrons. The average molecular weight is 645 g/mol. The summed E-state index contributed by atoms with van der Waals surface area (Å²) in [5.41, 5.74) is -4.72. The van der Waals surface area contributed by atoms with Gasteiger partial charge in [0.05, 0.1) is 36.9 Å². The van der Waals surface area contributed by atoms with E-state index in [9.17, 15) is 29.4 Å². The van der Waals surface area contributed by atoms with Crippen LogP contribution in [0, 0.1) is 28.6 Å². The Bertz CT molecular complexity index is 1440. The molecule has 12 nitrogen and oxygen atoms in total. The van der Waals surface area contributed by atoms with E-state index in [4.69, 9.17) is 28.1 Å². The van der Waals surface area contributed by atoms with Gasteiger partial charge in [-0.15, -0.1) is 0 Å². The fraction of sp³-hybridized carbons (Fsp3) is 0.706. The van der Waals surface area contributed by atoms with E-state index in [-0.39, 0.29) is 31.4 Å². The van der Waals surface area contributed by atoms with Gasteiger partial charge in [0.15, 0.2) is 6.10 Å². The van der Waals surface area contributed by atoms with Gasteiger partial charge in [0.2, 0.25) is 0 Å². The second kappa shape index (κ2) is 10.9. The third-order valence-electron chi connectivity index (χ3n) is 12.2. The first-order valence-electron chi connectivity index (χ1n) is 16.1. The number of hydrogen-bond donors (Lipinski definition) is 2. The van der Waals surface area contributed by atoms with E-state index in [1.165, 1.54) is 19.5 Å². The minimum absolute atomic E-state index is 0.0888. The van der Waals surface area contributed by atoms with E-state index in [2.05, 4.69) is 6.58 Å². The summed E-state index contributed by atoms with van der Waals surface area (Å²) in [5.74, 6) is -4.95. The molecule has 13 atom stereocenters. The van der Waals surface area contributed by atoms with Crippen molar-refractivity contribution in [3.63, 3.8) is 0 Å². The zero-order valence-electron chi connectivity index (χ0n) is 27.1. The smallest absolute Gasteiger partial charge is 0.335 e. The molecule has 5 fully saturated rings. The number of furan rings is 1. The van der Waals surface area contributed by atoms with Crippen molar-refractivity contribution in [3.8, 4) is 0 Å². The lowest BCUT2D eigenvalue weighted by atomic mass is 9.48. The molecule has 0 bridgehead atoms. The molecule has 5 aliphatic rings. The van der Waals surface area contributed by atoms with Crippen LogP contribution in [0.15, 0.2) is 35.2 Å². The fourth-order valence-electron chi connectivity index (χ4n) is 9.61. The van der Waals surface area contributed by atoms with E-state index in [0.29, 0.717) is 12.0 Å². The predicted octanol–water partition coefficient (Wildman–Crippen LogP) is 2.98. The van der Waals surface area contributed by atoms with Crippen LogP contribution in [0.2, 0.25) is 0 Å². The Morgan fingerprint density at radius 1 is 1.15 bits per heavy atom. The molecule has 12 heteroatoms. The number of carbonyl (C=O) groups is 4. The van der Waals surface area contributed by atoms with Crippen LogP contribution in [0.3, 0.4) is 0 Å². The summed E-state index contributed by atoms with van der Waals surface area (Å²) >= 11 is 0. The monoisotopic (exact) mass is 644 g/mol. The van der Waals surface area contributed by atoms with Crippen molar-refractivity contribution in [1.82, 2.24) is 0 Å². The highest BCUT2D eigenvalue weighted by atomic mass is 16.6. The Balaban J connectivity index is 1.57. The van der Waals surface area contributed by atoms with Gasteiger partial charge in [0.1, 0.15) is 36.1 Å². The van der Waals surface area contributed by atoms with Crippen LogP contribution in [0.25, 0.3) is 0 Å². The Morgan fingerprint density at radius 3 is 2.50 bits per heavy atom. The summed E-state index contributed by atoms with van der Waals surface area (Å²) in [4.78, 5) is 52.3. The minimum Gasteiger partial charge on any atom is -0.472 e. The Labute approximate surface area is 267 Å². The predicted molar refractivity (Wildman–Crippen MR) is 158 cm³/mol. The van der Waals surface area contributed by atoms with Crippen LogP contribution in [-0.2, 0) is 42.9 Å². The molecule has 2 N–H and O–H groups in total.